The minimum atomic E-state index is -0.562. The number of rotatable bonds is 9. The van der Waals surface area contributed by atoms with Gasteiger partial charge < -0.3 is 9.80 Å². The highest BCUT2D eigenvalue weighted by Gasteiger charge is 2.55. The summed E-state index contributed by atoms with van der Waals surface area (Å²) in [5.74, 6) is 0. The van der Waals surface area contributed by atoms with Gasteiger partial charge in [-0.2, -0.15) is 0 Å². The Balaban J connectivity index is 0.656. The summed E-state index contributed by atoms with van der Waals surface area (Å²) in [6.07, 6.45) is 0. The van der Waals surface area contributed by atoms with Crippen LogP contribution in [0.4, 0.5) is 34.1 Å². The highest BCUT2D eigenvalue weighted by atomic mass is 32.1. The Bertz CT molecular complexity index is 6440. The van der Waals surface area contributed by atoms with Crippen molar-refractivity contribution in [1.29, 1.82) is 0 Å². The zero-order chi connectivity index (χ0) is 66.8. The lowest BCUT2D eigenvalue weighted by Gasteiger charge is -2.32. The summed E-state index contributed by atoms with van der Waals surface area (Å²) in [6.45, 7) is 0. The van der Waals surface area contributed by atoms with Crippen LogP contribution in [0.2, 0.25) is 0 Å². The first-order valence-corrected chi connectivity index (χ1v) is 36.9. The highest BCUT2D eigenvalue weighted by Crippen LogP contribution is 2.69. The molecule has 0 aliphatic heterocycles. The van der Waals surface area contributed by atoms with Gasteiger partial charge in [-0.15, -0.1) is 22.7 Å². The first-order valence-electron chi connectivity index (χ1n) is 35.3. The first-order chi connectivity index (χ1) is 50.5. The molecule has 16 aromatic carbocycles. The summed E-state index contributed by atoms with van der Waals surface area (Å²) in [4.78, 5) is 7.65. The fourth-order valence-electron chi connectivity index (χ4n) is 18.3. The lowest BCUT2D eigenvalue weighted by atomic mass is 9.70. The van der Waals surface area contributed by atoms with Crippen LogP contribution in [0.5, 0.6) is 0 Å². The topological polar surface area (TPSA) is 6.48 Å². The average molecular weight is 1330 g/mol. The number of nitrogens with zero attached hydrogens (tertiary/aromatic N) is 2. The molecule has 0 fully saturated rings. The highest BCUT2D eigenvalue weighted by molar-refractivity contribution is 7.23. The van der Waals surface area contributed by atoms with Gasteiger partial charge in [0.2, 0.25) is 0 Å². The maximum absolute atomic E-state index is 2.52. The lowest BCUT2D eigenvalue weighted by Crippen LogP contribution is -2.26. The van der Waals surface area contributed by atoms with Gasteiger partial charge in [0.05, 0.1) is 10.8 Å². The van der Waals surface area contributed by atoms with Crippen molar-refractivity contribution in [3.05, 3.63) is 408 Å². The number of fused-ring (bicyclic) bond motifs is 26. The Morgan fingerprint density at radius 3 is 1.22 bits per heavy atom. The van der Waals surface area contributed by atoms with E-state index < -0.39 is 10.8 Å². The summed E-state index contributed by atoms with van der Waals surface area (Å²) in [7, 11) is 0. The van der Waals surface area contributed by atoms with Crippen molar-refractivity contribution in [3.63, 3.8) is 0 Å². The van der Waals surface area contributed by atoms with Gasteiger partial charge in [-0.05, 0) is 235 Å². The molecule has 4 aliphatic rings. The standard InChI is InChI=1S/C98H60N2S2/c1-3-19-61(20-4-1)64-37-44-71(45-38-64)99(72-46-39-65(40-47-72)62-21-5-2-6-22-62)76-50-53-79-77-25-9-14-30-85(77)98(90(79)60-76)88-33-17-12-28-81(88)96-94(98)83-52-43-70(58-92(83)102-96)67-35-36-69-57-74(49-42-68(69)55-67)100(73-48-41-63-23-7-8-24-66(63)56-73)75-51-54-89-84(59-75)78-26-10-15-31-86(78)97(89)87-32-16-11-27-80(87)95-93(97)82-29-13-18-34-91(82)101-95/h1-60H. The molecule has 2 unspecified atom stereocenters. The van der Waals surface area contributed by atoms with Crippen LogP contribution in [0, 0.1) is 0 Å². The first kappa shape index (κ1) is 57.5. The largest absolute Gasteiger partial charge is 0.310 e. The Morgan fingerprint density at radius 1 is 0.196 bits per heavy atom. The monoisotopic (exact) mass is 1330 g/mol. The zero-order valence-electron chi connectivity index (χ0n) is 55.4. The van der Waals surface area contributed by atoms with E-state index in [1.807, 2.05) is 22.7 Å². The van der Waals surface area contributed by atoms with Crippen LogP contribution in [0.25, 0.3) is 118 Å². The van der Waals surface area contributed by atoms with Crippen molar-refractivity contribution in [3.8, 4) is 76.5 Å². The minimum Gasteiger partial charge on any atom is -0.310 e. The van der Waals surface area contributed by atoms with Gasteiger partial charge in [0.25, 0.3) is 0 Å². The smallest absolute Gasteiger partial charge is 0.0740 e. The van der Waals surface area contributed by atoms with Crippen LogP contribution >= 0.6 is 22.7 Å². The molecule has 2 nitrogen and oxygen atoms in total. The number of anilines is 6. The van der Waals surface area contributed by atoms with Crippen LogP contribution in [0.1, 0.15) is 44.5 Å². The molecule has 0 bridgehead atoms. The molecule has 2 atom stereocenters. The number of thiophene rings is 2. The SMILES string of the molecule is c1ccc(-c2ccc(N(c3ccc(-c4ccccc4)cc3)c3ccc4c(c3)C3(c5ccccc5-4)c4ccccc4-c4sc5cc(-c6ccc7cc(N(c8ccc9c(c8)-c8ccccc8C98c9ccccc9-c9sc%10ccccc%10c98)c8ccc9ccccc9c8)ccc7c6)ccc5c43)cc2)cc1. The molecule has 4 heteroatoms. The third-order valence-electron chi connectivity index (χ3n) is 22.6. The van der Waals surface area contributed by atoms with E-state index in [1.165, 1.54) is 163 Å². The molecule has 2 spiro atoms. The normalized spacial score (nSPS) is 15.3. The third kappa shape index (κ3) is 8.16. The molecular formula is C98H60N2S2. The summed E-state index contributed by atoms with van der Waals surface area (Å²) in [5, 5.41) is 7.46. The molecule has 4 aliphatic carbocycles. The molecule has 22 rings (SSSR count). The molecule has 474 valence electrons. The lowest BCUT2D eigenvalue weighted by molar-refractivity contribution is 0.802. The van der Waals surface area contributed by atoms with Gasteiger partial charge in [0.1, 0.15) is 0 Å². The third-order valence-corrected chi connectivity index (χ3v) is 25.0. The summed E-state index contributed by atoms with van der Waals surface area (Å²) in [6, 6.07) is 137. The Morgan fingerprint density at radius 2 is 0.569 bits per heavy atom. The van der Waals surface area contributed by atoms with Crippen molar-refractivity contribution >= 4 is 98.5 Å². The molecule has 0 saturated heterocycles. The summed E-state index contributed by atoms with van der Waals surface area (Å²) < 4.78 is 2.62. The van der Waals surface area contributed by atoms with Crippen LogP contribution in [0.3, 0.4) is 0 Å². The number of hydrogen-bond acceptors (Lipinski definition) is 4. The molecule has 18 aromatic rings. The van der Waals surface area contributed by atoms with Crippen molar-refractivity contribution in [2.45, 2.75) is 10.8 Å². The van der Waals surface area contributed by atoms with Gasteiger partial charge in [-0.25, -0.2) is 0 Å². The quantitative estimate of drug-likeness (QED) is 0.142. The zero-order valence-corrected chi connectivity index (χ0v) is 57.0. The molecular weight excluding hydrogens is 1270 g/mol. The molecule has 2 aromatic heterocycles. The second-order valence-electron chi connectivity index (χ2n) is 27.7. The fraction of sp³-hybridized carbons (Fsp3) is 0.0204. The van der Waals surface area contributed by atoms with Crippen LogP contribution in [-0.4, -0.2) is 0 Å². The second kappa shape index (κ2) is 22.0. The van der Waals surface area contributed by atoms with E-state index in [2.05, 4.69) is 374 Å². The Kier molecular flexibility index (Phi) is 12.4. The van der Waals surface area contributed by atoms with Gasteiger partial charge in [0, 0.05) is 53.3 Å². The number of hydrogen-bond donors (Lipinski definition) is 0. The van der Waals surface area contributed by atoms with E-state index in [4.69, 9.17) is 0 Å². The van der Waals surface area contributed by atoms with Gasteiger partial charge in [-0.3, -0.25) is 0 Å². The van der Waals surface area contributed by atoms with Crippen LogP contribution < -0.4 is 9.80 Å². The second-order valence-corrected chi connectivity index (χ2v) is 29.8. The maximum Gasteiger partial charge on any atom is 0.0740 e. The van der Waals surface area contributed by atoms with Crippen molar-refractivity contribution in [1.82, 2.24) is 0 Å². The summed E-state index contributed by atoms with van der Waals surface area (Å²) >= 11 is 3.88. The molecule has 0 saturated carbocycles. The molecule has 0 N–H and O–H groups in total. The van der Waals surface area contributed by atoms with Crippen molar-refractivity contribution < 1.29 is 0 Å². The Labute approximate surface area is 599 Å². The molecule has 2 heterocycles. The van der Waals surface area contributed by atoms with E-state index in [-0.39, 0.29) is 0 Å². The van der Waals surface area contributed by atoms with Gasteiger partial charge in [-0.1, -0.05) is 273 Å². The minimum absolute atomic E-state index is 0.440. The van der Waals surface area contributed by atoms with Crippen LogP contribution in [0.15, 0.2) is 364 Å². The van der Waals surface area contributed by atoms with E-state index in [1.54, 1.807) is 0 Å². The predicted octanol–water partition coefficient (Wildman–Crippen LogP) is 27.1. The van der Waals surface area contributed by atoms with E-state index >= 15 is 0 Å². The molecule has 0 amide bonds. The fourth-order valence-corrected chi connectivity index (χ4v) is 20.9. The predicted molar refractivity (Wildman–Crippen MR) is 430 cm³/mol. The van der Waals surface area contributed by atoms with Gasteiger partial charge >= 0.3 is 0 Å². The molecule has 102 heavy (non-hydrogen) atoms. The van der Waals surface area contributed by atoms with E-state index in [0.29, 0.717) is 0 Å². The summed E-state index contributed by atoms with van der Waals surface area (Å²) in [5.41, 5.74) is 31.5. The van der Waals surface area contributed by atoms with Crippen molar-refractivity contribution in [2.24, 2.45) is 0 Å². The maximum atomic E-state index is 2.52. The molecule has 0 radical (unpaired) electrons. The van der Waals surface area contributed by atoms with E-state index in [0.717, 1.165) is 34.1 Å². The van der Waals surface area contributed by atoms with E-state index in [9.17, 15) is 0 Å². The number of benzene rings is 16. The average Bonchev–Trinajstić information content (AvgIpc) is 1.50. The van der Waals surface area contributed by atoms with Gasteiger partial charge in [0.15, 0.2) is 0 Å². The van der Waals surface area contributed by atoms with Crippen LogP contribution in [-0.2, 0) is 10.8 Å². The Hall–Kier alpha value is -12.4. The van der Waals surface area contributed by atoms with Crippen molar-refractivity contribution in [2.75, 3.05) is 9.80 Å².